The van der Waals surface area contributed by atoms with Gasteiger partial charge in [-0.25, -0.2) is 4.79 Å². The van der Waals surface area contributed by atoms with Gasteiger partial charge in [0.05, 0.1) is 11.5 Å². The summed E-state index contributed by atoms with van der Waals surface area (Å²) in [6.45, 7) is -0.00409. The molecule has 1 aromatic heterocycles. The monoisotopic (exact) mass is 482 g/mol. The second kappa shape index (κ2) is 11.0. The van der Waals surface area contributed by atoms with Gasteiger partial charge in [-0.1, -0.05) is 60.6 Å². The van der Waals surface area contributed by atoms with Crippen LogP contribution < -0.4 is 35.1 Å². The summed E-state index contributed by atoms with van der Waals surface area (Å²) in [6.07, 6.45) is -0.0326. The molecule has 0 unspecified atom stereocenters. The van der Waals surface area contributed by atoms with Crippen molar-refractivity contribution in [2.45, 2.75) is 13.0 Å². The average molecular weight is 483 g/mol. The summed E-state index contributed by atoms with van der Waals surface area (Å²) in [5, 5.41) is 15.1. The number of carbonyl (C=O) groups is 2. The molecule has 0 fully saturated rings. The summed E-state index contributed by atoms with van der Waals surface area (Å²) in [5.41, 5.74) is 2.74. The number of carboxylic acid groups (broad SMARTS) is 1. The standard InChI is InChI=1S/C26H21ClN2O4.Na/c1-29-22(15-28-23(30)13-16-6-5-9-18(12-16)26(32)33)24(17-7-3-2-4-8-17)21-14-19(27)10-11-20(21)25(29)31;/h2-12,14H,13,15H2,1H3,(H2,28,30,32,33);/q;+1/p-1. The molecule has 34 heavy (non-hydrogen) atoms. The average Bonchev–Trinajstić information content (AvgIpc) is 2.81. The van der Waals surface area contributed by atoms with Gasteiger partial charge in [0.2, 0.25) is 0 Å². The minimum Gasteiger partial charge on any atom is -0.648 e. The van der Waals surface area contributed by atoms with E-state index in [-0.39, 0.29) is 53.6 Å². The van der Waals surface area contributed by atoms with Crippen LogP contribution in [0.3, 0.4) is 0 Å². The summed E-state index contributed by atoms with van der Waals surface area (Å²) in [4.78, 5) is 36.8. The van der Waals surface area contributed by atoms with Crippen molar-refractivity contribution in [2.24, 2.45) is 7.05 Å². The van der Waals surface area contributed by atoms with Crippen LogP contribution in [0.4, 0.5) is 0 Å². The van der Waals surface area contributed by atoms with Crippen LogP contribution in [0.25, 0.3) is 27.2 Å². The number of nitrogens with zero attached hydrogens (tertiary/aromatic N) is 2. The number of rotatable bonds is 6. The molecule has 0 aliphatic carbocycles. The fraction of sp³-hybridized carbons (Fsp3) is 0.115. The number of aromatic carboxylic acids is 1. The molecule has 166 valence electrons. The molecule has 0 aliphatic rings. The molecule has 8 heteroatoms. The van der Waals surface area contributed by atoms with E-state index in [0.29, 0.717) is 27.1 Å². The second-order valence-corrected chi connectivity index (χ2v) is 8.07. The van der Waals surface area contributed by atoms with Crippen molar-refractivity contribution >= 4 is 34.2 Å². The van der Waals surface area contributed by atoms with E-state index in [4.69, 9.17) is 16.7 Å². The first-order valence-corrected chi connectivity index (χ1v) is 10.6. The number of amides is 1. The fourth-order valence-electron chi connectivity index (χ4n) is 3.86. The largest absolute Gasteiger partial charge is 1.00 e. The number of benzene rings is 3. The van der Waals surface area contributed by atoms with E-state index in [2.05, 4.69) is 5.32 Å². The molecular weight excluding hydrogens is 463 g/mol. The van der Waals surface area contributed by atoms with Gasteiger partial charge in [-0.05, 0) is 46.8 Å². The van der Waals surface area contributed by atoms with E-state index in [0.717, 1.165) is 11.1 Å². The maximum Gasteiger partial charge on any atom is 1.00 e. The van der Waals surface area contributed by atoms with Crippen LogP contribution in [0, 0.1) is 0 Å². The third kappa shape index (κ3) is 5.42. The van der Waals surface area contributed by atoms with Crippen LogP contribution >= 0.6 is 11.6 Å². The number of pyridine rings is 1. The van der Waals surface area contributed by atoms with E-state index < -0.39 is 11.9 Å². The van der Waals surface area contributed by atoms with Crippen molar-refractivity contribution in [1.82, 2.24) is 4.57 Å². The van der Waals surface area contributed by atoms with Gasteiger partial charge in [-0.3, -0.25) is 4.79 Å². The van der Waals surface area contributed by atoms with Gasteiger partial charge < -0.3 is 19.8 Å². The Kier molecular flexibility index (Phi) is 8.33. The van der Waals surface area contributed by atoms with E-state index in [1.165, 1.54) is 16.7 Å². The summed E-state index contributed by atoms with van der Waals surface area (Å²) in [5.74, 6) is -1.46. The molecule has 1 amide bonds. The molecule has 0 saturated carbocycles. The first kappa shape index (κ1) is 25.7. The Morgan fingerprint density at radius 2 is 1.71 bits per heavy atom. The Morgan fingerprint density at radius 3 is 2.41 bits per heavy atom. The maximum atomic E-state index is 13.0. The van der Waals surface area contributed by atoms with Crippen molar-refractivity contribution in [1.29, 1.82) is 0 Å². The summed E-state index contributed by atoms with van der Waals surface area (Å²) < 4.78 is 1.51. The molecule has 6 nitrogen and oxygen atoms in total. The van der Waals surface area contributed by atoms with Crippen LogP contribution in [0.2, 0.25) is 5.02 Å². The van der Waals surface area contributed by atoms with Crippen molar-refractivity contribution in [3.8, 4) is 11.1 Å². The number of halogens is 1. The minimum absolute atomic E-state index is 0. The van der Waals surface area contributed by atoms with Crippen LogP contribution in [0.5, 0.6) is 0 Å². The predicted octanol–water partition coefficient (Wildman–Crippen LogP) is 2.20. The zero-order chi connectivity index (χ0) is 23.5. The summed E-state index contributed by atoms with van der Waals surface area (Å²) >= 11 is 6.25. The number of hydrogen-bond acceptors (Lipinski definition) is 3. The first-order valence-electron chi connectivity index (χ1n) is 10.2. The van der Waals surface area contributed by atoms with Crippen LogP contribution in [0.1, 0.15) is 21.6 Å². The second-order valence-electron chi connectivity index (χ2n) is 7.63. The summed E-state index contributed by atoms with van der Waals surface area (Å²) in [7, 11) is 1.66. The number of carboxylic acids is 1. The van der Waals surface area contributed by atoms with Crippen molar-refractivity contribution in [3.05, 3.63) is 110 Å². The molecule has 0 saturated heterocycles. The number of carbonyl (C=O) groups excluding carboxylic acids is 1. The molecule has 1 N–H and O–H groups in total. The maximum absolute atomic E-state index is 13.0. The van der Waals surface area contributed by atoms with Gasteiger partial charge in [0.15, 0.2) is 0 Å². The van der Waals surface area contributed by atoms with E-state index >= 15 is 0 Å². The van der Waals surface area contributed by atoms with E-state index in [1.54, 1.807) is 37.4 Å². The third-order valence-electron chi connectivity index (χ3n) is 5.48. The zero-order valence-corrected chi connectivity index (χ0v) is 21.5. The molecule has 0 bridgehead atoms. The van der Waals surface area contributed by atoms with E-state index in [9.17, 15) is 14.4 Å². The van der Waals surface area contributed by atoms with Crippen LogP contribution in [-0.2, 0) is 24.8 Å². The minimum atomic E-state index is -1.06. The van der Waals surface area contributed by atoms with E-state index in [1.807, 2.05) is 30.3 Å². The Labute approximate surface area is 223 Å². The van der Waals surface area contributed by atoms with Crippen molar-refractivity contribution < 1.29 is 44.3 Å². The Balaban J connectivity index is 0.00000324. The summed E-state index contributed by atoms with van der Waals surface area (Å²) in [6, 6.07) is 20.9. The molecule has 0 spiro atoms. The number of fused-ring (bicyclic) bond motifs is 1. The van der Waals surface area contributed by atoms with Gasteiger partial charge in [-0.2, -0.15) is 0 Å². The topological polar surface area (TPSA) is 90.5 Å². The van der Waals surface area contributed by atoms with Crippen LogP contribution in [-0.4, -0.2) is 21.6 Å². The Morgan fingerprint density at radius 1 is 0.971 bits per heavy atom. The molecule has 4 rings (SSSR count). The molecular formula is C26H20ClN2NaO4. The van der Waals surface area contributed by atoms with Gasteiger partial charge in [0, 0.05) is 35.1 Å². The molecule has 0 atom stereocenters. The van der Waals surface area contributed by atoms with Gasteiger partial charge in [0.25, 0.3) is 5.56 Å². The quantitative estimate of drug-likeness (QED) is 0.427. The Hall–Kier alpha value is -2.90. The SMILES string of the molecule is Cn1c(C[N-]C(=O)Cc2cccc(C(=O)O)c2)c(-c2ccccc2)c2cc(Cl)ccc2c1=O.[Na+]. The predicted molar refractivity (Wildman–Crippen MR) is 129 cm³/mol. The van der Waals surface area contributed by atoms with Crippen molar-refractivity contribution in [2.75, 3.05) is 0 Å². The zero-order valence-electron chi connectivity index (χ0n) is 18.8. The molecule has 3 aromatic carbocycles. The molecule has 4 aromatic rings. The first-order chi connectivity index (χ1) is 15.8. The normalized spacial score (nSPS) is 10.5. The van der Waals surface area contributed by atoms with Crippen molar-refractivity contribution in [3.63, 3.8) is 0 Å². The molecule has 0 radical (unpaired) electrons. The van der Waals surface area contributed by atoms with Gasteiger partial charge in [0.1, 0.15) is 0 Å². The Bertz CT molecular complexity index is 1430. The van der Waals surface area contributed by atoms with Gasteiger partial charge in [-0.15, -0.1) is 0 Å². The number of aromatic nitrogens is 1. The fourth-order valence-corrected chi connectivity index (χ4v) is 4.03. The van der Waals surface area contributed by atoms with Gasteiger partial charge >= 0.3 is 35.5 Å². The molecule has 0 aliphatic heterocycles. The molecule has 1 heterocycles. The third-order valence-corrected chi connectivity index (χ3v) is 5.71. The number of hydrogen-bond donors (Lipinski definition) is 1. The smallest absolute Gasteiger partial charge is 0.648 e. The van der Waals surface area contributed by atoms with Crippen LogP contribution in [0.15, 0.2) is 77.6 Å².